The van der Waals surface area contributed by atoms with E-state index in [2.05, 4.69) is 18.3 Å². The molecule has 0 spiro atoms. The van der Waals surface area contributed by atoms with E-state index < -0.39 is 4.92 Å². The molecule has 38 heavy (non-hydrogen) atoms. The second kappa shape index (κ2) is 12.6. The molecule has 0 aliphatic rings. The average Bonchev–Trinajstić information content (AvgIpc) is 3.25. The number of amides is 2. The van der Waals surface area contributed by atoms with Crippen LogP contribution in [0.4, 0.5) is 16.2 Å². The van der Waals surface area contributed by atoms with Crippen LogP contribution in [0.1, 0.15) is 50.4 Å². The quantitative estimate of drug-likeness (QED) is 0.118. The summed E-state index contributed by atoms with van der Waals surface area (Å²) >= 11 is 6.16. The SMILES string of the molecule is CCCCCCCN(Cc1oc2ccc(C)cc2c1-c1ccc(Cl)cc1)C(=O)Nc1ccc([N+](=O)[O-])cc1. The first-order chi connectivity index (χ1) is 18.4. The van der Waals surface area contributed by atoms with E-state index in [1.165, 1.54) is 18.6 Å². The molecule has 4 aromatic rings. The zero-order chi connectivity index (χ0) is 27.1. The molecule has 0 atom stereocenters. The van der Waals surface area contributed by atoms with Crippen LogP contribution in [0.15, 0.2) is 71.1 Å². The first kappa shape index (κ1) is 27.2. The van der Waals surface area contributed by atoms with E-state index in [9.17, 15) is 14.9 Å². The molecule has 1 N–H and O–H groups in total. The molecule has 0 saturated heterocycles. The second-order valence-corrected chi connectivity index (χ2v) is 9.91. The number of halogens is 1. The van der Waals surface area contributed by atoms with Gasteiger partial charge in [0.1, 0.15) is 11.3 Å². The minimum atomic E-state index is -0.463. The third-order valence-electron chi connectivity index (χ3n) is 6.53. The van der Waals surface area contributed by atoms with Crippen molar-refractivity contribution in [2.45, 2.75) is 52.5 Å². The molecule has 1 heterocycles. The van der Waals surface area contributed by atoms with Crippen molar-refractivity contribution >= 4 is 40.0 Å². The normalized spacial score (nSPS) is 11.0. The number of unbranched alkanes of at least 4 members (excludes halogenated alkanes) is 4. The highest BCUT2D eigenvalue weighted by Gasteiger charge is 2.22. The molecule has 8 heteroatoms. The van der Waals surface area contributed by atoms with Crippen molar-refractivity contribution in [1.82, 2.24) is 4.90 Å². The predicted octanol–water partition coefficient (Wildman–Crippen LogP) is 8.97. The van der Waals surface area contributed by atoms with E-state index >= 15 is 0 Å². The van der Waals surface area contributed by atoms with Crippen LogP contribution < -0.4 is 5.32 Å². The highest BCUT2D eigenvalue weighted by atomic mass is 35.5. The fraction of sp³-hybridized carbons (Fsp3) is 0.300. The third kappa shape index (κ3) is 6.72. The van der Waals surface area contributed by atoms with Gasteiger partial charge in [0, 0.05) is 40.3 Å². The number of nitrogens with zero attached hydrogens (tertiary/aromatic N) is 2. The average molecular weight is 534 g/mol. The third-order valence-corrected chi connectivity index (χ3v) is 6.78. The molecular weight excluding hydrogens is 502 g/mol. The van der Waals surface area contributed by atoms with Crippen LogP contribution in [-0.2, 0) is 6.54 Å². The Labute approximate surface area is 227 Å². The Kier molecular flexibility index (Phi) is 9.02. The molecule has 0 unspecified atom stereocenters. The first-order valence-electron chi connectivity index (χ1n) is 12.9. The van der Waals surface area contributed by atoms with Crippen LogP contribution in [0.5, 0.6) is 0 Å². The van der Waals surface area contributed by atoms with Gasteiger partial charge < -0.3 is 14.6 Å². The molecule has 2 amide bonds. The van der Waals surface area contributed by atoms with Crippen LogP contribution >= 0.6 is 11.6 Å². The minimum Gasteiger partial charge on any atom is -0.459 e. The van der Waals surface area contributed by atoms with Gasteiger partial charge in [0.15, 0.2) is 0 Å². The molecule has 0 aliphatic carbocycles. The molecule has 1 aromatic heterocycles. The van der Waals surface area contributed by atoms with Crippen molar-refractivity contribution < 1.29 is 14.1 Å². The molecule has 7 nitrogen and oxygen atoms in total. The van der Waals surface area contributed by atoms with Crippen molar-refractivity contribution in [1.29, 1.82) is 0 Å². The van der Waals surface area contributed by atoms with Gasteiger partial charge in [-0.2, -0.15) is 0 Å². The summed E-state index contributed by atoms with van der Waals surface area (Å²) in [6.07, 6.45) is 5.32. The molecule has 0 bridgehead atoms. The number of non-ortho nitro benzene ring substituents is 1. The molecule has 4 rings (SSSR count). The van der Waals surface area contributed by atoms with Crippen LogP contribution in [-0.4, -0.2) is 22.4 Å². The number of furan rings is 1. The number of fused-ring (bicyclic) bond motifs is 1. The van der Waals surface area contributed by atoms with Crippen molar-refractivity contribution in [3.05, 3.63) is 93.2 Å². The van der Waals surface area contributed by atoms with Gasteiger partial charge in [-0.15, -0.1) is 0 Å². The zero-order valence-corrected chi connectivity index (χ0v) is 22.5. The van der Waals surface area contributed by atoms with Gasteiger partial charge in [-0.05, 0) is 55.3 Å². The lowest BCUT2D eigenvalue weighted by molar-refractivity contribution is -0.384. The summed E-state index contributed by atoms with van der Waals surface area (Å²) in [4.78, 5) is 25.7. The van der Waals surface area contributed by atoms with Crippen molar-refractivity contribution in [2.24, 2.45) is 0 Å². The Morgan fingerprint density at radius 1 is 1.00 bits per heavy atom. The summed E-state index contributed by atoms with van der Waals surface area (Å²) in [6, 6.07) is 19.2. The molecular formula is C30H32ClN3O4. The van der Waals surface area contributed by atoms with Crippen molar-refractivity contribution in [2.75, 3.05) is 11.9 Å². The standard InChI is InChI=1S/C30H32ClN3O4/c1-3-4-5-6-7-18-33(30(35)32-24-13-15-25(16-14-24)34(36)37)20-28-29(22-9-11-23(31)12-10-22)26-19-21(2)8-17-27(26)38-28/h8-17,19H,3-7,18,20H2,1-2H3,(H,32,35). The van der Waals surface area contributed by atoms with E-state index in [1.807, 2.05) is 43.3 Å². The van der Waals surface area contributed by atoms with Gasteiger partial charge in [-0.1, -0.05) is 68.0 Å². The molecule has 0 radical (unpaired) electrons. The lowest BCUT2D eigenvalue weighted by Gasteiger charge is -2.23. The number of carbonyl (C=O) groups is 1. The number of hydrogen-bond donors (Lipinski definition) is 1. The molecule has 3 aromatic carbocycles. The Morgan fingerprint density at radius 2 is 1.71 bits per heavy atom. The van der Waals surface area contributed by atoms with Gasteiger partial charge in [-0.3, -0.25) is 10.1 Å². The predicted molar refractivity (Wildman–Crippen MR) is 153 cm³/mol. The van der Waals surface area contributed by atoms with Crippen molar-refractivity contribution in [3.63, 3.8) is 0 Å². The summed E-state index contributed by atoms with van der Waals surface area (Å²) in [5, 5.41) is 15.5. The topological polar surface area (TPSA) is 88.6 Å². The van der Waals surface area contributed by atoms with Gasteiger partial charge in [0.25, 0.3) is 5.69 Å². The van der Waals surface area contributed by atoms with E-state index in [4.69, 9.17) is 16.0 Å². The highest BCUT2D eigenvalue weighted by molar-refractivity contribution is 6.30. The van der Waals surface area contributed by atoms with Gasteiger partial charge in [-0.25, -0.2) is 4.79 Å². The summed E-state index contributed by atoms with van der Waals surface area (Å²) in [5.41, 5.74) is 4.25. The van der Waals surface area contributed by atoms with Crippen LogP contribution in [0, 0.1) is 17.0 Å². The van der Waals surface area contributed by atoms with Gasteiger partial charge in [0.2, 0.25) is 0 Å². The number of nitro benzene ring substituents is 1. The Bertz CT molecular complexity index is 1400. The monoisotopic (exact) mass is 533 g/mol. The fourth-order valence-electron chi connectivity index (χ4n) is 4.51. The minimum absolute atomic E-state index is 0.0269. The van der Waals surface area contributed by atoms with E-state index in [-0.39, 0.29) is 18.3 Å². The highest BCUT2D eigenvalue weighted by Crippen LogP contribution is 2.37. The van der Waals surface area contributed by atoms with Gasteiger partial charge in [0.05, 0.1) is 11.5 Å². The van der Waals surface area contributed by atoms with Crippen LogP contribution in [0.2, 0.25) is 5.02 Å². The summed E-state index contributed by atoms with van der Waals surface area (Å²) in [6.45, 7) is 5.04. The van der Waals surface area contributed by atoms with E-state index in [0.717, 1.165) is 53.3 Å². The summed E-state index contributed by atoms with van der Waals surface area (Å²) < 4.78 is 6.33. The van der Waals surface area contributed by atoms with E-state index in [1.54, 1.807) is 17.0 Å². The number of hydrogen-bond acceptors (Lipinski definition) is 4. The number of benzene rings is 3. The summed E-state index contributed by atoms with van der Waals surface area (Å²) in [7, 11) is 0. The Balaban J connectivity index is 1.64. The molecule has 0 aliphatic heterocycles. The first-order valence-corrected chi connectivity index (χ1v) is 13.3. The van der Waals surface area contributed by atoms with Gasteiger partial charge >= 0.3 is 6.03 Å². The van der Waals surface area contributed by atoms with Crippen molar-refractivity contribution in [3.8, 4) is 11.1 Å². The zero-order valence-electron chi connectivity index (χ0n) is 21.7. The number of nitro groups is 1. The Morgan fingerprint density at radius 3 is 2.39 bits per heavy atom. The maximum Gasteiger partial charge on any atom is 0.322 e. The smallest absolute Gasteiger partial charge is 0.322 e. The van der Waals surface area contributed by atoms with Crippen LogP contribution in [0.3, 0.4) is 0 Å². The molecule has 0 fully saturated rings. The number of carbonyl (C=O) groups excluding carboxylic acids is 1. The lowest BCUT2D eigenvalue weighted by Crippen LogP contribution is -2.35. The maximum absolute atomic E-state index is 13.4. The maximum atomic E-state index is 13.4. The summed E-state index contributed by atoms with van der Waals surface area (Å²) in [5.74, 6) is 0.695. The second-order valence-electron chi connectivity index (χ2n) is 9.48. The van der Waals surface area contributed by atoms with Crippen LogP contribution in [0.25, 0.3) is 22.1 Å². The number of aryl methyl sites for hydroxylation is 1. The number of urea groups is 1. The molecule has 198 valence electrons. The Hall–Kier alpha value is -3.84. The molecule has 0 saturated carbocycles. The lowest BCUT2D eigenvalue weighted by atomic mass is 10.0. The fourth-order valence-corrected chi connectivity index (χ4v) is 4.63. The number of rotatable bonds is 11. The van der Waals surface area contributed by atoms with E-state index in [0.29, 0.717) is 23.0 Å². The number of nitrogens with one attached hydrogen (secondary N) is 1. The largest absolute Gasteiger partial charge is 0.459 e. The number of anilines is 1.